The fourth-order valence-corrected chi connectivity index (χ4v) is 2.35. The van der Waals surface area contributed by atoms with Crippen LogP contribution in [-0.2, 0) is 6.54 Å². The molecular weight excluding hydrogens is 334 g/mol. The highest BCUT2D eigenvalue weighted by atomic mass is 79.9. The third-order valence-electron chi connectivity index (χ3n) is 3.00. The molecule has 1 unspecified atom stereocenters. The Labute approximate surface area is 131 Å². The van der Waals surface area contributed by atoms with Gasteiger partial charge in [-0.3, -0.25) is 4.79 Å². The Balaban J connectivity index is 2.28. The molecule has 1 atom stereocenters. The van der Waals surface area contributed by atoms with Crippen molar-refractivity contribution in [1.29, 1.82) is 0 Å². The van der Waals surface area contributed by atoms with Gasteiger partial charge >= 0.3 is 0 Å². The Kier molecular flexibility index (Phi) is 5.30. The molecule has 6 heteroatoms. The summed E-state index contributed by atoms with van der Waals surface area (Å²) in [6.45, 7) is 3.84. The molecule has 1 aromatic carbocycles. The van der Waals surface area contributed by atoms with Crippen molar-refractivity contribution in [2.24, 2.45) is 0 Å². The van der Waals surface area contributed by atoms with Crippen molar-refractivity contribution >= 4 is 21.6 Å². The molecule has 0 aliphatic rings. The SMILES string of the molecule is C=CCn1ncc(NC(CO)c2ccccc2)c(Br)c1=O. The molecule has 0 saturated carbocycles. The standard InChI is InChI=1S/C15H16BrN3O2/c1-2-8-19-15(21)14(16)12(9-17-19)18-13(10-20)11-6-4-3-5-7-11/h2-7,9,13,18,20H,1,8,10H2. The fraction of sp³-hybridized carbons (Fsp3) is 0.200. The molecule has 0 saturated heterocycles. The second-order valence-electron chi connectivity index (χ2n) is 4.44. The summed E-state index contributed by atoms with van der Waals surface area (Å²) in [4.78, 5) is 12.1. The highest BCUT2D eigenvalue weighted by molar-refractivity contribution is 9.10. The van der Waals surface area contributed by atoms with E-state index in [0.29, 0.717) is 16.7 Å². The number of aromatic nitrogens is 2. The van der Waals surface area contributed by atoms with Gasteiger partial charge in [-0.05, 0) is 21.5 Å². The first-order valence-corrected chi connectivity index (χ1v) is 7.25. The van der Waals surface area contributed by atoms with Crippen molar-refractivity contribution in [2.75, 3.05) is 11.9 Å². The lowest BCUT2D eigenvalue weighted by Crippen LogP contribution is -2.25. The van der Waals surface area contributed by atoms with Crippen molar-refractivity contribution in [1.82, 2.24) is 9.78 Å². The van der Waals surface area contributed by atoms with Gasteiger partial charge in [-0.2, -0.15) is 5.10 Å². The fourth-order valence-electron chi connectivity index (χ4n) is 1.93. The second-order valence-corrected chi connectivity index (χ2v) is 5.23. The smallest absolute Gasteiger partial charge is 0.283 e. The molecule has 2 N–H and O–H groups in total. The van der Waals surface area contributed by atoms with Gasteiger partial charge in [0.15, 0.2) is 0 Å². The number of aliphatic hydroxyl groups excluding tert-OH is 1. The van der Waals surface area contributed by atoms with Crippen LogP contribution in [0.1, 0.15) is 11.6 Å². The highest BCUT2D eigenvalue weighted by Crippen LogP contribution is 2.23. The molecular formula is C15H16BrN3O2. The van der Waals surface area contributed by atoms with Gasteiger partial charge in [0.05, 0.1) is 31.1 Å². The van der Waals surface area contributed by atoms with E-state index < -0.39 is 0 Å². The van der Waals surface area contributed by atoms with E-state index in [4.69, 9.17) is 0 Å². The van der Waals surface area contributed by atoms with Crippen LogP contribution in [0.5, 0.6) is 0 Å². The number of rotatable bonds is 6. The first-order valence-electron chi connectivity index (χ1n) is 6.46. The summed E-state index contributed by atoms with van der Waals surface area (Å²) >= 11 is 3.28. The van der Waals surface area contributed by atoms with Gasteiger partial charge in [0.2, 0.25) is 0 Å². The maximum atomic E-state index is 12.1. The molecule has 5 nitrogen and oxygen atoms in total. The number of hydrogen-bond acceptors (Lipinski definition) is 4. The van der Waals surface area contributed by atoms with Gasteiger partial charge in [0.1, 0.15) is 4.47 Å². The normalized spacial score (nSPS) is 11.9. The highest BCUT2D eigenvalue weighted by Gasteiger charge is 2.14. The Bertz CT molecular complexity index is 670. The van der Waals surface area contributed by atoms with E-state index in [9.17, 15) is 9.90 Å². The number of hydrogen-bond donors (Lipinski definition) is 2. The second kappa shape index (κ2) is 7.19. The molecule has 2 rings (SSSR count). The molecule has 0 aliphatic carbocycles. The Morgan fingerprint density at radius 2 is 2.14 bits per heavy atom. The van der Waals surface area contributed by atoms with Crippen LogP contribution in [0.25, 0.3) is 0 Å². The summed E-state index contributed by atoms with van der Waals surface area (Å²) in [5.74, 6) is 0. The summed E-state index contributed by atoms with van der Waals surface area (Å²) < 4.78 is 1.69. The van der Waals surface area contributed by atoms with E-state index in [1.807, 2.05) is 30.3 Å². The lowest BCUT2D eigenvalue weighted by Gasteiger charge is -2.18. The van der Waals surface area contributed by atoms with Gasteiger partial charge in [-0.1, -0.05) is 36.4 Å². The molecule has 2 aromatic rings. The largest absolute Gasteiger partial charge is 0.394 e. The summed E-state index contributed by atoms with van der Waals surface area (Å²) in [5, 5.41) is 16.7. The number of allylic oxidation sites excluding steroid dienone is 1. The summed E-state index contributed by atoms with van der Waals surface area (Å²) in [7, 11) is 0. The Hall–Kier alpha value is -1.92. The first kappa shape index (κ1) is 15.5. The van der Waals surface area contributed by atoms with Crippen molar-refractivity contribution in [3.8, 4) is 0 Å². The zero-order valence-corrected chi connectivity index (χ0v) is 13.0. The van der Waals surface area contributed by atoms with Crippen LogP contribution in [0.3, 0.4) is 0 Å². The molecule has 0 aliphatic heterocycles. The predicted octanol–water partition coefficient (Wildman–Crippen LogP) is 2.34. The Morgan fingerprint density at radius 3 is 2.76 bits per heavy atom. The van der Waals surface area contributed by atoms with Crippen molar-refractivity contribution in [3.63, 3.8) is 0 Å². The van der Waals surface area contributed by atoms with E-state index in [1.165, 1.54) is 4.68 Å². The molecule has 1 aromatic heterocycles. The zero-order chi connectivity index (χ0) is 15.2. The van der Waals surface area contributed by atoms with Crippen LogP contribution in [0.4, 0.5) is 5.69 Å². The zero-order valence-electron chi connectivity index (χ0n) is 11.4. The minimum absolute atomic E-state index is 0.0911. The van der Waals surface area contributed by atoms with Crippen molar-refractivity contribution in [2.45, 2.75) is 12.6 Å². The lowest BCUT2D eigenvalue weighted by atomic mass is 10.1. The lowest BCUT2D eigenvalue weighted by molar-refractivity contribution is 0.276. The van der Waals surface area contributed by atoms with Gasteiger partial charge < -0.3 is 10.4 Å². The molecule has 1 heterocycles. The van der Waals surface area contributed by atoms with Crippen LogP contribution >= 0.6 is 15.9 Å². The molecule has 0 bridgehead atoms. The molecule has 0 fully saturated rings. The van der Waals surface area contributed by atoms with Gasteiger partial charge in [-0.15, -0.1) is 6.58 Å². The van der Waals surface area contributed by atoms with E-state index in [-0.39, 0.29) is 18.2 Å². The van der Waals surface area contributed by atoms with Gasteiger partial charge in [0, 0.05) is 0 Å². The van der Waals surface area contributed by atoms with Crippen LogP contribution in [0.15, 0.2) is 58.5 Å². The summed E-state index contributed by atoms with van der Waals surface area (Å²) in [6.07, 6.45) is 3.16. The minimum Gasteiger partial charge on any atom is -0.394 e. The minimum atomic E-state index is -0.307. The van der Waals surface area contributed by atoms with E-state index in [1.54, 1.807) is 12.3 Å². The number of anilines is 1. The number of nitrogens with zero attached hydrogens (tertiary/aromatic N) is 2. The van der Waals surface area contributed by atoms with Crippen molar-refractivity contribution in [3.05, 3.63) is 69.6 Å². The monoisotopic (exact) mass is 349 g/mol. The number of aliphatic hydroxyl groups is 1. The number of halogens is 1. The topological polar surface area (TPSA) is 67.2 Å². The first-order chi connectivity index (χ1) is 10.2. The average molecular weight is 350 g/mol. The predicted molar refractivity (Wildman–Crippen MR) is 86.3 cm³/mol. The maximum Gasteiger partial charge on any atom is 0.283 e. The number of nitrogens with one attached hydrogen (secondary N) is 1. The van der Waals surface area contributed by atoms with Gasteiger partial charge in [-0.25, -0.2) is 4.68 Å². The molecule has 0 amide bonds. The van der Waals surface area contributed by atoms with Crippen molar-refractivity contribution < 1.29 is 5.11 Å². The van der Waals surface area contributed by atoms with Crippen LogP contribution in [0.2, 0.25) is 0 Å². The van der Waals surface area contributed by atoms with E-state index in [2.05, 4.69) is 32.9 Å². The molecule has 110 valence electrons. The number of benzene rings is 1. The summed E-state index contributed by atoms with van der Waals surface area (Å²) in [5.41, 5.74) is 1.23. The van der Waals surface area contributed by atoms with Crippen LogP contribution < -0.4 is 10.9 Å². The maximum absolute atomic E-state index is 12.1. The molecule has 0 spiro atoms. The average Bonchev–Trinajstić information content (AvgIpc) is 2.52. The van der Waals surface area contributed by atoms with Crippen LogP contribution in [-0.4, -0.2) is 21.5 Å². The van der Waals surface area contributed by atoms with E-state index >= 15 is 0 Å². The molecule has 0 radical (unpaired) electrons. The van der Waals surface area contributed by atoms with Crippen LogP contribution in [0, 0.1) is 0 Å². The summed E-state index contributed by atoms with van der Waals surface area (Å²) in [6, 6.07) is 9.22. The Morgan fingerprint density at radius 1 is 1.43 bits per heavy atom. The third-order valence-corrected chi connectivity index (χ3v) is 3.77. The van der Waals surface area contributed by atoms with Gasteiger partial charge in [0.25, 0.3) is 5.56 Å². The molecule has 21 heavy (non-hydrogen) atoms. The third kappa shape index (κ3) is 3.59. The van der Waals surface area contributed by atoms with E-state index in [0.717, 1.165) is 5.56 Å². The quantitative estimate of drug-likeness (QED) is 0.785.